The molecule has 4 heteroatoms. The van der Waals surface area contributed by atoms with Crippen LogP contribution in [-0.4, -0.2) is 22.0 Å². The molecule has 0 aliphatic heterocycles. The Morgan fingerprint density at radius 2 is 2.06 bits per heavy atom. The quantitative estimate of drug-likeness (QED) is 0.757. The van der Waals surface area contributed by atoms with E-state index in [-0.39, 0.29) is 0 Å². The molecule has 1 N–H and O–H groups in total. The molecule has 1 fully saturated rings. The monoisotopic (exact) mass is 250 g/mol. The minimum Gasteiger partial charge on any atom is -0.314 e. The van der Waals surface area contributed by atoms with Crippen LogP contribution < -0.4 is 5.32 Å². The number of unbranched alkanes of at least 4 members (excludes halogenated alkanes) is 2. The van der Waals surface area contributed by atoms with E-state index in [4.69, 9.17) is 0 Å². The smallest absolute Gasteiger partial charge is 0.0999 e. The SMILES string of the molecule is CCCCCn1nnc(CNC)c1C1CCCC1. The molecule has 1 aromatic heterocycles. The molecule has 2 rings (SSSR count). The summed E-state index contributed by atoms with van der Waals surface area (Å²) in [5.41, 5.74) is 2.58. The maximum absolute atomic E-state index is 4.38. The van der Waals surface area contributed by atoms with Crippen molar-refractivity contribution in [2.24, 2.45) is 0 Å². The van der Waals surface area contributed by atoms with Crippen molar-refractivity contribution in [3.8, 4) is 0 Å². The highest BCUT2D eigenvalue weighted by Crippen LogP contribution is 2.35. The highest BCUT2D eigenvalue weighted by atomic mass is 15.4. The first-order valence-electron chi connectivity index (χ1n) is 7.43. The third-order valence-electron chi connectivity index (χ3n) is 3.91. The fourth-order valence-electron chi connectivity index (χ4n) is 2.97. The maximum Gasteiger partial charge on any atom is 0.0999 e. The van der Waals surface area contributed by atoms with E-state index in [1.807, 2.05) is 7.05 Å². The van der Waals surface area contributed by atoms with Gasteiger partial charge in [0.15, 0.2) is 0 Å². The van der Waals surface area contributed by atoms with E-state index in [1.165, 1.54) is 56.3 Å². The van der Waals surface area contributed by atoms with Crippen LogP contribution in [-0.2, 0) is 13.1 Å². The summed E-state index contributed by atoms with van der Waals surface area (Å²) in [6.07, 6.45) is 9.13. The van der Waals surface area contributed by atoms with Gasteiger partial charge in [-0.1, -0.05) is 37.8 Å². The predicted molar refractivity (Wildman–Crippen MR) is 73.5 cm³/mol. The summed E-state index contributed by atoms with van der Waals surface area (Å²) >= 11 is 0. The van der Waals surface area contributed by atoms with E-state index >= 15 is 0 Å². The second-order valence-corrected chi connectivity index (χ2v) is 5.36. The Morgan fingerprint density at radius 3 is 2.72 bits per heavy atom. The summed E-state index contributed by atoms with van der Waals surface area (Å²) < 4.78 is 2.18. The van der Waals surface area contributed by atoms with Crippen LogP contribution in [0.1, 0.15) is 69.2 Å². The lowest BCUT2D eigenvalue weighted by Crippen LogP contribution is -2.13. The summed E-state index contributed by atoms with van der Waals surface area (Å²) in [4.78, 5) is 0. The molecular formula is C14H26N4. The lowest BCUT2D eigenvalue weighted by Gasteiger charge is -2.13. The molecule has 1 saturated carbocycles. The standard InChI is InChI=1S/C14H26N4/c1-3-4-7-10-18-14(12-8-5-6-9-12)13(11-15-2)16-17-18/h12,15H,3-11H2,1-2H3. The van der Waals surface area contributed by atoms with Gasteiger partial charge in [0.05, 0.1) is 11.4 Å². The maximum atomic E-state index is 4.38. The van der Waals surface area contributed by atoms with Crippen molar-refractivity contribution >= 4 is 0 Å². The van der Waals surface area contributed by atoms with Gasteiger partial charge >= 0.3 is 0 Å². The van der Waals surface area contributed by atoms with Crippen LogP contribution in [0, 0.1) is 0 Å². The molecule has 1 aromatic rings. The normalized spacial score (nSPS) is 16.6. The third kappa shape index (κ3) is 3.10. The molecule has 18 heavy (non-hydrogen) atoms. The first-order chi connectivity index (χ1) is 8.86. The third-order valence-corrected chi connectivity index (χ3v) is 3.91. The predicted octanol–water partition coefficient (Wildman–Crippen LogP) is 2.85. The molecule has 4 nitrogen and oxygen atoms in total. The van der Waals surface area contributed by atoms with E-state index in [0.717, 1.165) is 13.1 Å². The number of nitrogens with one attached hydrogen (secondary N) is 1. The molecule has 0 spiro atoms. The molecule has 0 unspecified atom stereocenters. The van der Waals surface area contributed by atoms with Crippen LogP contribution >= 0.6 is 0 Å². The summed E-state index contributed by atoms with van der Waals surface area (Å²) in [6.45, 7) is 4.13. The molecule has 102 valence electrons. The van der Waals surface area contributed by atoms with Crippen molar-refractivity contribution in [2.75, 3.05) is 7.05 Å². The van der Waals surface area contributed by atoms with Gasteiger partial charge in [-0.05, 0) is 26.3 Å². The van der Waals surface area contributed by atoms with Gasteiger partial charge in [-0.15, -0.1) is 5.10 Å². The molecule has 0 aromatic carbocycles. The van der Waals surface area contributed by atoms with Gasteiger partial charge in [0.25, 0.3) is 0 Å². The van der Waals surface area contributed by atoms with Gasteiger partial charge in [-0.25, -0.2) is 4.68 Å². The van der Waals surface area contributed by atoms with Gasteiger partial charge in [0, 0.05) is 19.0 Å². The fourth-order valence-corrected chi connectivity index (χ4v) is 2.97. The lowest BCUT2D eigenvalue weighted by molar-refractivity contribution is 0.498. The Balaban J connectivity index is 2.11. The van der Waals surface area contributed by atoms with E-state index in [2.05, 4.69) is 27.2 Å². The number of hydrogen-bond donors (Lipinski definition) is 1. The van der Waals surface area contributed by atoms with Crippen LogP contribution in [0.5, 0.6) is 0 Å². The van der Waals surface area contributed by atoms with E-state index < -0.39 is 0 Å². The first-order valence-corrected chi connectivity index (χ1v) is 7.43. The van der Waals surface area contributed by atoms with Crippen LogP contribution in [0.4, 0.5) is 0 Å². The molecule has 0 bridgehead atoms. The minimum atomic E-state index is 0.699. The van der Waals surface area contributed by atoms with Crippen LogP contribution in [0.25, 0.3) is 0 Å². The summed E-state index contributed by atoms with van der Waals surface area (Å²) in [5, 5.41) is 12.0. The second-order valence-electron chi connectivity index (χ2n) is 5.36. The Hall–Kier alpha value is -0.900. The summed E-state index contributed by atoms with van der Waals surface area (Å²) in [5.74, 6) is 0.699. The van der Waals surface area contributed by atoms with Gasteiger partial charge in [-0.2, -0.15) is 0 Å². The molecular weight excluding hydrogens is 224 g/mol. The average molecular weight is 250 g/mol. The van der Waals surface area contributed by atoms with Gasteiger partial charge in [0.1, 0.15) is 0 Å². The van der Waals surface area contributed by atoms with Gasteiger partial charge < -0.3 is 5.32 Å². The number of hydrogen-bond acceptors (Lipinski definition) is 3. The van der Waals surface area contributed by atoms with Crippen LogP contribution in [0.3, 0.4) is 0 Å². The Kier molecular flexibility index (Phi) is 5.17. The lowest BCUT2D eigenvalue weighted by atomic mass is 10.0. The zero-order chi connectivity index (χ0) is 12.8. The number of nitrogens with zero attached hydrogens (tertiary/aromatic N) is 3. The van der Waals surface area contributed by atoms with Crippen molar-refractivity contribution in [1.82, 2.24) is 20.3 Å². The highest BCUT2D eigenvalue weighted by Gasteiger charge is 2.24. The topological polar surface area (TPSA) is 42.7 Å². The molecule has 1 heterocycles. The van der Waals surface area contributed by atoms with Crippen molar-refractivity contribution in [3.63, 3.8) is 0 Å². The minimum absolute atomic E-state index is 0.699. The zero-order valence-electron chi connectivity index (χ0n) is 11.8. The van der Waals surface area contributed by atoms with Gasteiger partial charge in [-0.3, -0.25) is 0 Å². The van der Waals surface area contributed by atoms with Crippen molar-refractivity contribution < 1.29 is 0 Å². The molecule has 0 amide bonds. The molecule has 0 atom stereocenters. The van der Waals surface area contributed by atoms with E-state index in [9.17, 15) is 0 Å². The van der Waals surface area contributed by atoms with Crippen molar-refractivity contribution in [1.29, 1.82) is 0 Å². The number of aromatic nitrogens is 3. The Bertz CT molecular complexity index is 353. The molecule has 0 saturated heterocycles. The largest absolute Gasteiger partial charge is 0.314 e. The van der Waals surface area contributed by atoms with Crippen LogP contribution in [0.15, 0.2) is 0 Å². The van der Waals surface area contributed by atoms with Crippen molar-refractivity contribution in [3.05, 3.63) is 11.4 Å². The number of aryl methyl sites for hydroxylation is 1. The second kappa shape index (κ2) is 6.88. The average Bonchev–Trinajstić information content (AvgIpc) is 2.99. The molecule has 1 aliphatic carbocycles. The molecule has 0 radical (unpaired) electrons. The zero-order valence-corrected chi connectivity index (χ0v) is 11.8. The number of rotatable bonds is 7. The summed E-state index contributed by atoms with van der Waals surface area (Å²) in [6, 6.07) is 0. The highest BCUT2D eigenvalue weighted by molar-refractivity contribution is 5.17. The fraction of sp³-hybridized carbons (Fsp3) is 0.857. The van der Waals surface area contributed by atoms with E-state index in [1.54, 1.807) is 0 Å². The Morgan fingerprint density at radius 1 is 1.28 bits per heavy atom. The Labute approximate surface area is 110 Å². The van der Waals surface area contributed by atoms with Crippen molar-refractivity contribution in [2.45, 2.75) is 70.9 Å². The van der Waals surface area contributed by atoms with Gasteiger partial charge in [0.2, 0.25) is 0 Å². The van der Waals surface area contributed by atoms with E-state index in [0.29, 0.717) is 5.92 Å². The van der Waals surface area contributed by atoms with Crippen LogP contribution in [0.2, 0.25) is 0 Å². The molecule has 1 aliphatic rings. The summed E-state index contributed by atoms with van der Waals surface area (Å²) in [7, 11) is 1.98. The first kappa shape index (κ1) is 13.5.